The second kappa shape index (κ2) is 6.47. The average molecular weight is 405 g/mol. The molecule has 0 bridgehead atoms. The van der Waals surface area contributed by atoms with Gasteiger partial charge in [-0.2, -0.15) is 0 Å². The molecule has 0 radical (unpaired) electrons. The van der Waals surface area contributed by atoms with Gasteiger partial charge in [-0.3, -0.25) is 0 Å². The lowest BCUT2D eigenvalue weighted by Crippen LogP contribution is -2.34. The van der Waals surface area contributed by atoms with Crippen molar-refractivity contribution in [2.45, 2.75) is 12.5 Å². The summed E-state index contributed by atoms with van der Waals surface area (Å²) in [7, 11) is 0. The molecule has 0 saturated carbocycles. The number of hydrogen-bond acceptors (Lipinski definition) is 4. The highest BCUT2D eigenvalue weighted by Crippen LogP contribution is 2.57. The Hall–Kier alpha value is -4.05. The van der Waals surface area contributed by atoms with Crippen LogP contribution in [0.2, 0.25) is 0 Å². The highest BCUT2D eigenvalue weighted by molar-refractivity contribution is 5.97. The predicted molar refractivity (Wildman–Crippen MR) is 119 cm³/mol. The Bertz CT molecular complexity index is 1350. The maximum atomic E-state index is 13.0. The number of ether oxygens (including phenoxy) is 2. The maximum absolute atomic E-state index is 13.0. The van der Waals surface area contributed by atoms with E-state index in [4.69, 9.17) is 9.47 Å². The number of para-hydroxylation sites is 2. The van der Waals surface area contributed by atoms with Gasteiger partial charge in [0.05, 0.1) is 11.1 Å². The number of esters is 1. The Morgan fingerprint density at radius 2 is 1.45 bits per heavy atom. The third kappa shape index (κ3) is 2.45. The van der Waals surface area contributed by atoms with Gasteiger partial charge in [0.2, 0.25) is 0 Å². The minimum Gasteiger partial charge on any atom is -0.456 e. The monoisotopic (exact) mass is 405 g/mol. The van der Waals surface area contributed by atoms with Crippen LogP contribution in [0.5, 0.6) is 11.5 Å². The van der Waals surface area contributed by atoms with Crippen molar-refractivity contribution in [2.24, 2.45) is 0 Å². The summed E-state index contributed by atoms with van der Waals surface area (Å²) in [6.07, 6.45) is 0. The molecule has 4 nitrogen and oxygen atoms in total. The molecule has 0 fully saturated rings. The Morgan fingerprint density at radius 3 is 2.29 bits per heavy atom. The van der Waals surface area contributed by atoms with Crippen LogP contribution in [0.25, 0.3) is 0 Å². The summed E-state index contributed by atoms with van der Waals surface area (Å²) in [4.78, 5) is 13.0. The van der Waals surface area contributed by atoms with Gasteiger partial charge in [-0.25, -0.2) is 4.79 Å². The fourth-order valence-corrected chi connectivity index (χ4v) is 4.72. The van der Waals surface area contributed by atoms with Crippen molar-refractivity contribution in [1.29, 1.82) is 0 Å². The largest absolute Gasteiger partial charge is 0.456 e. The van der Waals surface area contributed by atoms with E-state index in [-0.39, 0.29) is 5.97 Å². The van der Waals surface area contributed by atoms with Crippen LogP contribution < -0.4 is 10.1 Å². The average Bonchev–Trinajstić information content (AvgIpc) is 3.09. The van der Waals surface area contributed by atoms with Crippen molar-refractivity contribution in [3.63, 3.8) is 0 Å². The van der Waals surface area contributed by atoms with Gasteiger partial charge in [0.1, 0.15) is 11.5 Å². The first-order valence-electron chi connectivity index (χ1n) is 10.2. The van der Waals surface area contributed by atoms with Gasteiger partial charge in [-0.05, 0) is 48.9 Å². The van der Waals surface area contributed by atoms with E-state index in [0.717, 1.165) is 33.6 Å². The van der Waals surface area contributed by atoms with E-state index in [1.165, 1.54) is 0 Å². The molecule has 4 aromatic carbocycles. The molecule has 0 amide bonds. The normalized spacial score (nSPS) is 17.9. The Balaban J connectivity index is 1.64. The van der Waals surface area contributed by atoms with E-state index < -0.39 is 5.60 Å². The minimum atomic E-state index is -1.05. The molecule has 1 unspecified atom stereocenters. The lowest BCUT2D eigenvalue weighted by Gasteiger charge is -2.38. The van der Waals surface area contributed by atoms with Crippen LogP contribution in [0.4, 0.5) is 11.4 Å². The van der Waals surface area contributed by atoms with Crippen molar-refractivity contribution in [3.8, 4) is 11.5 Å². The lowest BCUT2D eigenvalue weighted by molar-refractivity contribution is 0.0222. The standard InChI is InChI=1S/C27H19NO3/c1-17-22(28-18-9-3-2-4-10-18)15-16-24-25(17)27(21-13-7-8-14-23(21)30-24)20-12-6-5-11-19(20)26(29)31-27/h2-16,28H,1H3. The van der Waals surface area contributed by atoms with Crippen molar-refractivity contribution in [2.75, 3.05) is 5.32 Å². The molecule has 1 spiro atoms. The Kier molecular flexibility index (Phi) is 3.71. The number of nitrogens with one attached hydrogen (secondary N) is 1. The topological polar surface area (TPSA) is 47.6 Å². The number of carbonyl (C=O) groups is 1. The summed E-state index contributed by atoms with van der Waals surface area (Å²) >= 11 is 0. The summed E-state index contributed by atoms with van der Waals surface area (Å²) in [5.74, 6) is 1.07. The van der Waals surface area contributed by atoms with Crippen LogP contribution in [0.3, 0.4) is 0 Å². The molecular weight excluding hydrogens is 386 g/mol. The highest BCUT2D eigenvalue weighted by atomic mass is 16.6. The van der Waals surface area contributed by atoms with Crippen molar-refractivity contribution >= 4 is 17.3 Å². The highest BCUT2D eigenvalue weighted by Gasteiger charge is 2.54. The van der Waals surface area contributed by atoms with Gasteiger partial charge in [-0.1, -0.05) is 54.6 Å². The smallest absolute Gasteiger partial charge is 0.340 e. The first-order chi connectivity index (χ1) is 15.2. The Morgan fingerprint density at radius 1 is 0.742 bits per heavy atom. The number of carbonyl (C=O) groups excluding carboxylic acids is 1. The summed E-state index contributed by atoms with van der Waals surface area (Å²) in [5, 5.41) is 3.49. The van der Waals surface area contributed by atoms with E-state index >= 15 is 0 Å². The molecule has 2 heterocycles. The molecule has 2 aliphatic rings. The molecule has 4 aromatic rings. The minimum absolute atomic E-state index is 0.320. The third-order valence-electron chi connectivity index (χ3n) is 6.09. The van der Waals surface area contributed by atoms with Gasteiger partial charge in [0.25, 0.3) is 0 Å². The number of hydrogen-bond donors (Lipinski definition) is 1. The summed E-state index contributed by atoms with van der Waals surface area (Å²) in [6, 6.07) is 29.3. The molecule has 1 N–H and O–H groups in total. The predicted octanol–water partition coefficient (Wildman–Crippen LogP) is 6.31. The van der Waals surface area contributed by atoms with E-state index in [0.29, 0.717) is 17.1 Å². The summed E-state index contributed by atoms with van der Waals surface area (Å²) in [5.41, 5.74) is 4.97. The number of benzene rings is 4. The zero-order valence-electron chi connectivity index (χ0n) is 16.9. The SMILES string of the molecule is Cc1c(Nc2ccccc2)ccc2c1C1(OC(=O)c3ccccc31)c1ccccc1O2. The van der Waals surface area contributed by atoms with Crippen LogP contribution in [0, 0.1) is 6.92 Å². The zero-order chi connectivity index (χ0) is 21.0. The molecule has 150 valence electrons. The van der Waals surface area contributed by atoms with Crippen LogP contribution in [0.1, 0.15) is 32.6 Å². The molecule has 1 atom stereocenters. The second-order valence-corrected chi connectivity index (χ2v) is 7.82. The fraction of sp³-hybridized carbons (Fsp3) is 0.0741. The second-order valence-electron chi connectivity index (χ2n) is 7.82. The fourth-order valence-electron chi connectivity index (χ4n) is 4.72. The van der Waals surface area contributed by atoms with E-state index in [1.807, 2.05) is 97.9 Å². The van der Waals surface area contributed by atoms with Gasteiger partial charge in [-0.15, -0.1) is 0 Å². The molecule has 0 aliphatic carbocycles. The molecule has 4 heteroatoms. The van der Waals surface area contributed by atoms with Crippen LogP contribution >= 0.6 is 0 Å². The molecule has 0 aromatic heterocycles. The lowest BCUT2D eigenvalue weighted by atomic mass is 9.76. The van der Waals surface area contributed by atoms with Crippen molar-refractivity contribution in [1.82, 2.24) is 0 Å². The third-order valence-corrected chi connectivity index (χ3v) is 6.09. The van der Waals surface area contributed by atoms with Gasteiger partial charge in [0, 0.05) is 22.5 Å². The van der Waals surface area contributed by atoms with Gasteiger partial charge < -0.3 is 14.8 Å². The van der Waals surface area contributed by atoms with Gasteiger partial charge in [0.15, 0.2) is 5.60 Å². The van der Waals surface area contributed by atoms with E-state index in [1.54, 1.807) is 0 Å². The first-order valence-corrected chi connectivity index (χ1v) is 10.2. The maximum Gasteiger partial charge on any atom is 0.340 e. The molecule has 2 aliphatic heterocycles. The molecule has 0 saturated heterocycles. The van der Waals surface area contributed by atoms with E-state index in [2.05, 4.69) is 5.32 Å². The van der Waals surface area contributed by atoms with E-state index in [9.17, 15) is 4.79 Å². The van der Waals surface area contributed by atoms with Gasteiger partial charge >= 0.3 is 5.97 Å². The molecule has 31 heavy (non-hydrogen) atoms. The molecular formula is C27H19NO3. The number of anilines is 2. The van der Waals surface area contributed by atoms with Crippen molar-refractivity contribution in [3.05, 3.63) is 119 Å². The van der Waals surface area contributed by atoms with Crippen molar-refractivity contribution < 1.29 is 14.3 Å². The quantitative estimate of drug-likeness (QED) is 0.397. The van der Waals surface area contributed by atoms with Crippen LogP contribution in [-0.4, -0.2) is 5.97 Å². The van der Waals surface area contributed by atoms with Crippen LogP contribution in [0.15, 0.2) is 91.0 Å². The summed E-state index contributed by atoms with van der Waals surface area (Å²) < 4.78 is 12.5. The number of rotatable bonds is 2. The summed E-state index contributed by atoms with van der Waals surface area (Å²) in [6.45, 7) is 2.04. The van der Waals surface area contributed by atoms with Crippen LogP contribution in [-0.2, 0) is 10.3 Å². The first kappa shape index (κ1) is 17.8. The molecule has 6 rings (SSSR count). The zero-order valence-corrected chi connectivity index (χ0v) is 16.9. The Labute approximate surface area is 180 Å². The number of fused-ring (bicyclic) bond motifs is 6.